The summed E-state index contributed by atoms with van der Waals surface area (Å²) in [6, 6.07) is 3.73. The zero-order valence-electron chi connectivity index (χ0n) is 8.55. The predicted molar refractivity (Wildman–Crippen MR) is 64.4 cm³/mol. The second kappa shape index (κ2) is 4.99. The van der Waals surface area contributed by atoms with Gasteiger partial charge in [-0.15, -0.1) is 0 Å². The molecule has 0 aliphatic heterocycles. The summed E-state index contributed by atoms with van der Waals surface area (Å²) in [4.78, 5) is 10.7. The van der Waals surface area contributed by atoms with Crippen molar-refractivity contribution in [3.8, 4) is 0 Å². The van der Waals surface area contributed by atoms with E-state index >= 15 is 0 Å². The molecule has 0 fully saturated rings. The molecule has 1 unspecified atom stereocenters. The van der Waals surface area contributed by atoms with Crippen molar-refractivity contribution in [3.63, 3.8) is 0 Å². The van der Waals surface area contributed by atoms with Gasteiger partial charge in [0.2, 0.25) is 0 Å². The van der Waals surface area contributed by atoms with Crippen LogP contribution in [0.25, 0.3) is 0 Å². The monoisotopic (exact) mass is 290 g/mol. The lowest BCUT2D eigenvalue weighted by atomic mass is 9.98. The molecule has 0 heterocycles. The minimum Gasteiger partial charge on any atom is -0.481 e. The van der Waals surface area contributed by atoms with Gasteiger partial charge in [-0.05, 0) is 36.6 Å². The number of hydrogen-bond donors (Lipinski definition) is 1. The van der Waals surface area contributed by atoms with E-state index < -0.39 is 11.9 Å². The molecule has 82 valence electrons. The van der Waals surface area contributed by atoms with E-state index in [4.69, 9.17) is 16.7 Å². The van der Waals surface area contributed by atoms with Gasteiger partial charge in [-0.1, -0.05) is 34.5 Å². The molecule has 0 amide bonds. The van der Waals surface area contributed by atoms with Gasteiger partial charge in [0, 0.05) is 9.50 Å². The van der Waals surface area contributed by atoms with Crippen molar-refractivity contribution < 1.29 is 9.90 Å². The number of carboxylic acid groups (broad SMARTS) is 1. The van der Waals surface area contributed by atoms with Gasteiger partial charge < -0.3 is 5.11 Å². The molecule has 0 aliphatic rings. The fourth-order valence-electron chi connectivity index (χ4n) is 1.33. The highest BCUT2D eigenvalue weighted by molar-refractivity contribution is 9.10. The number of benzene rings is 1. The standard InChI is InChI=1S/C11H12BrClO2/c1-6(11(14)15)3-8-4-9(12)5-10(13)7(8)2/h4-6H,3H2,1-2H3,(H,14,15). The van der Waals surface area contributed by atoms with Crippen LogP contribution in [0.4, 0.5) is 0 Å². The van der Waals surface area contributed by atoms with Crippen molar-refractivity contribution >= 4 is 33.5 Å². The molecule has 1 atom stereocenters. The van der Waals surface area contributed by atoms with Gasteiger partial charge in [0.15, 0.2) is 0 Å². The molecule has 0 aliphatic carbocycles. The first-order valence-corrected chi connectivity index (χ1v) is 5.76. The molecule has 0 bridgehead atoms. The van der Waals surface area contributed by atoms with Gasteiger partial charge in [-0.2, -0.15) is 0 Å². The van der Waals surface area contributed by atoms with E-state index in [-0.39, 0.29) is 0 Å². The maximum atomic E-state index is 10.7. The third-order valence-electron chi connectivity index (χ3n) is 2.36. The Labute approximate surface area is 102 Å². The molecular weight excluding hydrogens is 279 g/mol. The average Bonchev–Trinajstić information content (AvgIpc) is 2.13. The summed E-state index contributed by atoms with van der Waals surface area (Å²) in [6.45, 7) is 3.59. The molecule has 1 rings (SSSR count). The first-order chi connectivity index (χ1) is 6.91. The van der Waals surface area contributed by atoms with E-state index in [1.807, 2.05) is 19.1 Å². The van der Waals surface area contributed by atoms with E-state index in [1.165, 1.54) is 0 Å². The number of aliphatic carboxylic acids is 1. The van der Waals surface area contributed by atoms with E-state index in [1.54, 1.807) is 6.92 Å². The number of carbonyl (C=O) groups is 1. The van der Waals surface area contributed by atoms with Crippen molar-refractivity contribution in [2.45, 2.75) is 20.3 Å². The molecule has 0 aromatic heterocycles. The Morgan fingerprint density at radius 3 is 2.73 bits per heavy atom. The zero-order valence-corrected chi connectivity index (χ0v) is 10.9. The van der Waals surface area contributed by atoms with Crippen molar-refractivity contribution in [1.29, 1.82) is 0 Å². The highest BCUT2D eigenvalue weighted by Crippen LogP contribution is 2.26. The molecule has 0 saturated carbocycles. The number of halogens is 2. The van der Waals surface area contributed by atoms with Crippen LogP contribution < -0.4 is 0 Å². The van der Waals surface area contributed by atoms with Crippen LogP contribution in [-0.2, 0) is 11.2 Å². The molecule has 0 spiro atoms. The largest absolute Gasteiger partial charge is 0.481 e. The Balaban J connectivity index is 2.99. The SMILES string of the molecule is Cc1c(Cl)cc(Br)cc1CC(C)C(=O)O. The van der Waals surface area contributed by atoms with Crippen LogP contribution in [-0.4, -0.2) is 11.1 Å². The highest BCUT2D eigenvalue weighted by atomic mass is 79.9. The molecule has 15 heavy (non-hydrogen) atoms. The van der Waals surface area contributed by atoms with Crippen LogP contribution >= 0.6 is 27.5 Å². The normalized spacial score (nSPS) is 12.5. The van der Waals surface area contributed by atoms with Gasteiger partial charge in [-0.3, -0.25) is 4.79 Å². The average molecular weight is 292 g/mol. The molecule has 2 nitrogen and oxygen atoms in total. The summed E-state index contributed by atoms with van der Waals surface area (Å²) in [5.41, 5.74) is 1.93. The Morgan fingerprint density at radius 2 is 2.20 bits per heavy atom. The fourth-order valence-corrected chi connectivity index (χ4v) is 2.20. The molecule has 1 aromatic rings. The molecule has 0 saturated heterocycles. The van der Waals surface area contributed by atoms with Crippen molar-refractivity contribution in [3.05, 3.63) is 32.8 Å². The summed E-state index contributed by atoms with van der Waals surface area (Å²) < 4.78 is 0.880. The molecule has 1 N–H and O–H groups in total. The topological polar surface area (TPSA) is 37.3 Å². The third-order valence-corrected chi connectivity index (χ3v) is 3.21. The maximum Gasteiger partial charge on any atom is 0.306 e. The number of rotatable bonds is 3. The molecule has 1 aromatic carbocycles. The summed E-state index contributed by atoms with van der Waals surface area (Å²) in [5, 5.41) is 9.49. The minimum atomic E-state index is -0.787. The first kappa shape index (κ1) is 12.5. The van der Waals surface area contributed by atoms with Crippen molar-refractivity contribution in [2.24, 2.45) is 5.92 Å². The van der Waals surface area contributed by atoms with Crippen LogP contribution in [0.15, 0.2) is 16.6 Å². The van der Waals surface area contributed by atoms with Gasteiger partial charge >= 0.3 is 5.97 Å². The third kappa shape index (κ3) is 3.21. The minimum absolute atomic E-state index is 0.394. The Hall–Kier alpha value is -0.540. The zero-order chi connectivity index (χ0) is 11.6. The van der Waals surface area contributed by atoms with E-state index in [0.29, 0.717) is 11.4 Å². The first-order valence-electron chi connectivity index (χ1n) is 4.59. The van der Waals surface area contributed by atoms with Gasteiger partial charge in [0.25, 0.3) is 0 Å². The summed E-state index contributed by atoms with van der Waals surface area (Å²) in [5.74, 6) is -1.18. The summed E-state index contributed by atoms with van der Waals surface area (Å²) >= 11 is 9.35. The molecular formula is C11H12BrClO2. The second-order valence-corrected chi connectivity index (χ2v) is 4.94. The molecule has 0 radical (unpaired) electrons. The predicted octanol–water partition coefficient (Wildman–Crippen LogP) is 3.67. The fraction of sp³-hybridized carbons (Fsp3) is 0.364. The van der Waals surface area contributed by atoms with Gasteiger partial charge in [-0.25, -0.2) is 0 Å². The smallest absolute Gasteiger partial charge is 0.306 e. The van der Waals surface area contributed by atoms with Crippen LogP contribution in [0.1, 0.15) is 18.1 Å². The molecule has 4 heteroatoms. The Kier molecular flexibility index (Phi) is 4.17. The van der Waals surface area contributed by atoms with E-state index in [2.05, 4.69) is 15.9 Å². The number of carboxylic acids is 1. The van der Waals surface area contributed by atoms with Crippen LogP contribution in [0.3, 0.4) is 0 Å². The van der Waals surface area contributed by atoms with Gasteiger partial charge in [0.05, 0.1) is 5.92 Å². The van der Waals surface area contributed by atoms with E-state index in [9.17, 15) is 4.79 Å². The van der Waals surface area contributed by atoms with Crippen LogP contribution in [0.2, 0.25) is 5.02 Å². The number of hydrogen-bond acceptors (Lipinski definition) is 1. The Morgan fingerprint density at radius 1 is 1.60 bits per heavy atom. The highest BCUT2D eigenvalue weighted by Gasteiger charge is 2.14. The lowest BCUT2D eigenvalue weighted by Crippen LogP contribution is -2.13. The second-order valence-electron chi connectivity index (χ2n) is 3.62. The lowest BCUT2D eigenvalue weighted by Gasteiger charge is -2.11. The summed E-state index contributed by atoms with van der Waals surface area (Å²) in [6.07, 6.45) is 0.500. The Bertz CT molecular complexity index is 390. The summed E-state index contributed by atoms with van der Waals surface area (Å²) in [7, 11) is 0. The van der Waals surface area contributed by atoms with Crippen LogP contribution in [0, 0.1) is 12.8 Å². The maximum absolute atomic E-state index is 10.7. The van der Waals surface area contributed by atoms with Gasteiger partial charge in [0.1, 0.15) is 0 Å². The van der Waals surface area contributed by atoms with E-state index in [0.717, 1.165) is 15.6 Å². The van der Waals surface area contributed by atoms with Crippen molar-refractivity contribution in [2.75, 3.05) is 0 Å². The van der Waals surface area contributed by atoms with Crippen LogP contribution in [0.5, 0.6) is 0 Å². The quantitative estimate of drug-likeness (QED) is 0.922. The van der Waals surface area contributed by atoms with Crippen molar-refractivity contribution in [1.82, 2.24) is 0 Å². The lowest BCUT2D eigenvalue weighted by molar-refractivity contribution is -0.141.